The molecule has 10 heteroatoms. The number of hydrogen-bond donors (Lipinski definition) is 1. The van der Waals surface area contributed by atoms with Gasteiger partial charge in [-0.3, -0.25) is 9.48 Å². The number of benzene rings is 1. The van der Waals surface area contributed by atoms with E-state index >= 15 is 0 Å². The molecule has 28 heavy (non-hydrogen) atoms. The Balaban J connectivity index is 1.63. The number of nitrogens with zero attached hydrogens (tertiary/aromatic N) is 4. The van der Waals surface area contributed by atoms with Crippen molar-refractivity contribution < 1.29 is 19.4 Å². The molecule has 0 atom stereocenters. The van der Waals surface area contributed by atoms with Crippen LogP contribution < -0.4 is 9.64 Å². The molecule has 1 N–H and O–H groups in total. The lowest BCUT2D eigenvalue weighted by Crippen LogP contribution is -2.49. The molecule has 150 valence electrons. The zero-order chi connectivity index (χ0) is 20.4. The van der Waals surface area contributed by atoms with Crippen molar-refractivity contribution in [1.29, 1.82) is 0 Å². The maximum Gasteiger partial charge on any atom is 0.357 e. The summed E-state index contributed by atoms with van der Waals surface area (Å²) in [6, 6.07) is 5.59. The summed E-state index contributed by atoms with van der Waals surface area (Å²) in [5.41, 5.74) is 1.20. The van der Waals surface area contributed by atoms with Gasteiger partial charge in [0, 0.05) is 37.9 Å². The van der Waals surface area contributed by atoms with Crippen molar-refractivity contribution in [3.05, 3.63) is 39.6 Å². The van der Waals surface area contributed by atoms with Crippen molar-refractivity contribution >= 4 is 40.8 Å². The van der Waals surface area contributed by atoms with Crippen LogP contribution in [0.4, 0.5) is 5.69 Å². The maximum absolute atomic E-state index is 12.6. The molecule has 8 nitrogen and oxygen atoms in total. The van der Waals surface area contributed by atoms with Crippen LogP contribution in [0.15, 0.2) is 18.2 Å². The highest BCUT2D eigenvalue weighted by Crippen LogP contribution is 2.30. The summed E-state index contributed by atoms with van der Waals surface area (Å²) in [5, 5.41) is 13.6. The van der Waals surface area contributed by atoms with E-state index in [1.807, 2.05) is 12.1 Å². The number of rotatable bonds is 5. The average Bonchev–Trinajstić information content (AvgIpc) is 2.97. The number of piperazine rings is 1. The van der Waals surface area contributed by atoms with Crippen LogP contribution in [0.3, 0.4) is 0 Å². The van der Waals surface area contributed by atoms with Crippen LogP contribution in [0.1, 0.15) is 16.2 Å². The molecule has 0 unspecified atom stereocenters. The SMILES string of the molecule is COc1cc(N2CCN(C(=O)Cn3nc(C(=O)O)c(Cl)c3C)CC2)ccc1Cl. The lowest BCUT2D eigenvalue weighted by molar-refractivity contribution is -0.132. The summed E-state index contributed by atoms with van der Waals surface area (Å²) >= 11 is 12.1. The molecule has 0 radical (unpaired) electrons. The van der Waals surface area contributed by atoms with Crippen LogP contribution >= 0.6 is 23.2 Å². The molecule has 1 fully saturated rings. The Kier molecular flexibility index (Phi) is 6.00. The number of carboxylic acid groups (broad SMARTS) is 1. The number of amides is 1. The van der Waals surface area contributed by atoms with Gasteiger partial charge < -0.3 is 19.6 Å². The number of anilines is 1. The molecule has 1 aliphatic rings. The summed E-state index contributed by atoms with van der Waals surface area (Å²) in [7, 11) is 1.57. The fourth-order valence-corrected chi connectivity index (χ4v) is 3.51. The third-order valence-corrected chi connectivity index (χ3v) is 5.52. The number of carbonyl (C=O) groups is 2. The number of carbonyl (C=O) groups excluding carboxylic acids is 1. The molecular weight excluding hydrogens is 407 g/mol. The molecule has 1 saturated heterocycles. The molecule has 1 aromatic carbocycles. The highest BCUT2D eigenvalue weighted by molar-refractivity contribution is 6.33. The van der Waals surface area contributed by atoms with E-state index in [9.17, 15) is 9.59 Å². The predicted molar refractivity (Wildman–Crippen MR) is 106 cm³/mol. The monoisotopic (exact) mass is 426 g/mol. The van der Waals surface area contributed by atoms with Gasteiger partial charge in [-0.2, -0.15) is 5.10 Å². The highest BCUT2D eigenvalue weighted by atomic mass is 35.5. The van der Waals surface area contributed by atoms with E-state index in [2.05, 4.69) is 10.00 Å². The van der Waals surface area contributed by atoms with Gasteiger partial charge in [0.05, 0.1) is 22.8 Å². The van der Waals surface area contributed by atoms with Gasteiger partial charge in [-0.1, -0.05) is 23.2 Å². The van der Waals surface area contributed by atoms with Gasteiger partial charge in [-0.15, -0.1) is 0 Å². The first kappa shape index (κ1) is 20.3. The minimum Gasteiger partial charge on any atom is -0.495 e. The van der Waals surface area contributed by atoms with Gasteiger partial charge in [-0.05, 0) is 19.1 Å². The molecular formula is C18H20Cl2N4O4. The Morgan fingerprint density at radius 3 is 2.46 bits per heavy atom. The van der Waals surface area contributed by atoms with Gasteiger partial charge in [0.1, 0.15) is 12.3 Å². The predicted octanol–water partition coefficient (Wildman–Crippen LogP) is 2.55. The Hall–Kier alpha value is -2.45. The first-order valence-electron chi connectivity index (χ1n) is 8.64. The van der Waals surface area contributed by atoms with Gasteiger partial charge >= 0.3 is 5.97 Å². The van der Waals surface area contributed by atoms with E-state index in [0.29, 0.717) is 42.6 Å². The number of carboxylic acids is 1. The number of methoxy groups -OCH3 is 1. The standard InChI is InChI=1S/C18H20Cl2N4O4/c1-11-16(20)17(18(26)27)21-24(11)10-15(25)23-7-5-22(6-8-23)12-3-4-13(19)14(9-12)28-2/h3-4,9H,5-8,10H2,1-2H3,(H,26,27). The van der Waals surface area contributed by atoms with Crippen molar-refractivity contribution in [1.82, 2.24) is 14.7 Å². The van der Waals surface area contributed by atoms with Crippen LogP contribution in [0.2, 0.25) is 10.0 Å². The lowest BCUT2D eigenvalue weighted by Gasteiger charge is -2.36. The van der Waals surface area contributed by atoms with Crippen molar-refractivity contribution in [2.45, 2.75) is 13.5 Å². The zero-order valence-corrected chi connectivity index (χ0v) is 17.0. The molecule has 2 heterocycles. The minimum absolute atomic E-state index is 0.0480. The number of aromatic nitrogens is 2. The first-order valence-corrected chi connectivity index (χ1v) is 9.40. The fourth-order valence-electron chi connectivity index (χ4n) is 3.10. The highest BCUT2D eigenvalue weighted by Gasteiger charge is 2.25. The molecule has 0 bridgehead atoms. The molecule has 0 spiro atoms. The van der Waals surface area contributed by atoms with E-state index < -0.39 is 5.97 Å². The average molecular weight is 427 g/mol. The second-order valence-corrected chi connectivity index (χ2v) is 7.18. The normalized spacial score (nSPS) is 14.3. The van der Waals surface area contributed by atoms with Crippen LogP contribution in [0.25, 0.3) is 0 Å². The molecule has 2 aromatic rings. The van der Waals surface area contributed by atoms with E-state index in [1.165, 1.54) is 4.68 Å². The summed E-state index contributed by atoms with van der Waals surface area (Å²) in [5.74, 6) is -0.739. The van der Waals surface area contributed by atoms with E-state index in [-0.39, 0.29) is 23.2 Å². The lowest BCUT2D eigenvalue weighted by atomic mass is 10.2. The van der Waals surface area contributed by atoms with E-state index in [4.69, 9.17) is 33.0 Å². The number of hydrogen-bond acceptors (Lipinski definition) is 5. The van der Waals surface area contributed by atoms with Gasteiger partial charge in [0.15, 0.2) is 5.69 Å². The van der Waals surface area contributed by atoms with Crippen LogP contribution in [-0.4, -0.2) is 65.0 Å². The number of aromatic carboxylic acids is 1. The molecule has 0 aliphatic carbocycles. The summed E-state index contributed by atoms with van der Waals surface area (Å²) in [6.07, 6.45) is 0. The smallest absolute Gasteiger partial charge is 0.357 e. The Labute approximate surface area is 172 Å². The van der Waals surface area contributed by atoms with E-state index in [0.717, 1.165) is 5.69 Å². The molecule has 3 rings (SSSR count). The zero-order valence-electron chi connectivity index (χ0n) is 15.5. The quantitative estimate of drug-likeness (QED) is 0.789. The van der Waals surface area contributed by atoms with Gasteiger partial charge in [0.2, 0.25) is 5.91 Å². The molecule has 1 amide bonds. The third kappa shape index (κ3) is 4.02. The number of halogens is 2. The Morgan fingerprint density at radius 1 is 1.21 bits per heavy atom. The summed E-state index contributed by atoms with van der Waals surface area (Å²) in [6.45, 7) is 4.01. The topological polar surface area (TPSA) is 87.9 Å². The van der Waals surface area contributed by atoms with Crippen molar-refractivity contribution in [2.75, 3.05) is 38.2 Å². The van der Waals surface area contributed by atoms with Gasteiger partial charge in [0.25, 0.3) is 0 Å². The Bertz CT molecular complexity index is 907. The largest absolute Gasteiger partial charge is 0.495 e. The molecule has 1 aromatic heterocycles. The Morgan fingerprint density at radius 2 is 1.89 bits per heavy atom. The van der Waals surface area contributed by atoms with Crippen LogP contribution in [0.5, 0.6) is 5.75 Å². The fraction of sp³-hybridized carbons (Fsp3) is 0.389. The van der Waals surface area contributed by atoms with Crippen LogP contribution in [-0.2, 0) is 11.3 Å². The summed E-state index contributed by atoms with van der Waals surface area (Å²) < 4.78 is 6.59. The molecule has 1 aliphatic heterocycles. The van der Waals surface area contributed by atoms with Crippen molar-refractivity contribution in [2.24, 2.45) is 0 Å². The second-order valence-electron chi connectivity index (χ2n) is 6.40. The first-order chi connectivity index (χ1) is 13.3. The van der Waals surface area contributed by atoms with E-state index in [1.54, 1.807) is 25.0 Å². The minimum atomic E-state index is -1.22. The maximum atomic E-state index is 12.6. The van der Waals surface area contributed by atoms with Crippen LogP contribution in [0, 0.1) is 6.92 Å². The van der Waals surface area contributed by atoms with Crippen molar-refractivity contribution in [3.8, 4) is 5.75 Å². The summed E-state index contributed by atoms with van der Waals surface area (Å²) in [4.78, 5) is 27.6. The van der Waals surface area contributed by atoms with Gasteiger partial charge in [-0.25, -0.2) is 4.79 Å². The number of ether oxygens (including phenoxy) is 1. The molecule has 0 saturated carbocycles. The second kappa shape index (κ2) is 8.28. The third-order valence-electron chi connectivity index (χ3n) is 4.75. The van der Waals surface area contributed by atoms with Crippen molar-refractivity contribution in [3.63, 3.8) is 0 Å².